The molecule has 2 heterocycles. The Labute approximate surface area is 191 Å². The summed E-state index contributed by atoms with van der Waals surface area (Å²) in [5.74, 6) is 1.98. The summed E-state index contributed by atoms with van der Waals surface area (Å²) in [5.41, 5.74) is 5.11. The minimum atomic E-state index is 0.654. The number of benzene rings is 4. The zero-order valence-corrected chi connectivity index (χ0v) is 17.8. The molecule has 0 N–H and O–H groups in total. The molecule has 0 saturated heterocycles. The Bertz CT molecular complexity index is 1500. The van der Waals surface area contributed by atoms with E-state index < -0.39 is 0 Å². The number of nitrogens with zero attached hydrogens (tertiary/aromatic N) is 4. The number of aromatic nitrogens is 4. The number of rotatable bonds is 4. The Kier molecular flexibility index (Phi) is 4.74. The van der Waals surface area contributed by atoms with Gasteiger partial charge in [0, 0.05) is 28.6 Å². The number of hydrogen-bond donors (Lipinski definition) is 0. The highest BCUT2D eigenvalue weighted by Gasteiger charge is 2.13. The smallest absolute Gasteiger partial charge is 0.164 e. The lowest BCUT2D eigenvalue weighted by atomic mass is 10.1. The molecule has 0 unspecified atom stereocenters. The van der Waals surface area contributed by atoms with E-state index in [0.717, 1.165) is 22.4 Å². The summed E-state index contributed by atoms with van der Waals surface area (Å²) < 4.78 is 2.19. The maximum Gasteiger partial charge on any atom is 0.164 e. The molecule has 0 aliphatic rings. The molecule has 0 aliphatic heterocycles. The molecule has 33 heavy (non-hydrogen) atoms. The van der Waals surface area contributed by atoms with Crippen molar-refractivity contribution in [1.82, 2.24) is 19.5 Å². The van der Waals surface area contributed by atoms with Crippen LogP contribution in [0.3, 0.4) is 0 Å². The zero-order chi connectivity index (χ0) is 22.0. The van der Waals surface area contributed by atoms with Gasteiger partial charge in [0.15, 0.2) is 17.5 Å². The van der Waals surface area contributed by atoms with E-state index in [1.807, 2.05) is 72.8 Å². The summed E-state index contributed by atoms with van der Waals surface area (Å²) in [7, 11) is 0. The Morgan fingerprint density at radius 1 is 0.455 bits per heavy atom. The average molecular weight is 425 g/mol. The molecule has 6 rings (SSSR count). The topological polar surface area (TPSA) is 43.6 Å². The van der Waals surface area contributed by atoms with Crippen molar-refractivity contribution in [3.05, 3.63) is 121 Å². The van der Waals surface area contributed by atoms with Gasteiger partial charge in [0.05, 0.1) is 5.52 Å². The predicted molar refractivity (Wildman–Crippen MR) is 133 cm³/mol. The average Bonchev–Trinajstić information content (AvgIpc) is 3.34. The van der Waals surface area contributed by atoms with Crippen LogP contribution in [0.4, 0.5) is 0 Å². The molecule has 0 amide bonds. The molecule has 0 radical (unpaired) electrons. The van der Waals surface area contributed by atoms with Gasteiger partial charge in [0.1, 0.15) is 0 Å². The molecule has 0 aliphatic carbocycles. The van der Waals surface area contributed by atoms with Crippen LogP contribution in [0.25, 0.3) is 50.8 Å². The molecule has 4 heteroatoms. The highest BCUT2D eigenvalue weighted by Crippen LogP contribution is 2.27. The van der Waals surface area contributed by atoms with E-state index in [0.29, 0.717) is 17.5 Å². The first-order valence-electron chi connectivity index (χ1n) is 10.9. The van der Waals surface area contributed by atoms with Crippen molar-refractivity contribution in [2.24, 2.45) is 0 Å². The molecule has 6 aromatic rings. The first-order chi connectivity index (χ1) is 16.3. The van der Waals surface area contributed by atoms with Crippen molar-refractivity contribution in [3.63, 3.8) is 0 Å². The molecule has 0 bridgehead atoms. The van der Waals surface area contributed by atoms with Crippen LogP contribution in [0.15, 0.2) is 121 Å². The van der Waals surface area contributed by atoms with Crippen molar-refractivity contribution in [2.75, 3.05) is 0 Å². The molecule has 4 aromatic carbocycles. The van der Waals surface area contributed by atoms with Crippen LogP contribution in [-0.4, -0.2) is 19.5 Å². The Morgan fingerprint density at radius 2 is 1.00 bits per heavy atom. The van der Waals surface area contributed by atoms with Crippen LogP contribution in [0.1, 0.15) is 0 Å². The highest BCUT2D eigenvalue weighted by atomic mass is 15.0. The number of para-hydroxylation sites is 1. The lowest BCUT2D eigenvalue weighted by molar-refractivity contribution is 1.07. The normalized spacial score (nSPS) is 11.0. The van der Waals surface area contributed by atoms with E-state index in [2.05, 4.69) is 53.2 Å². The molecule has 156 valence electrons. The second kappa shape index (κ2) is 8.17. The first kappa shape index (κ1) is 19.1. The lowest BCUT2D eigenvalue weighted by Gasteiger charge is -2.10. The van der Waals surface area contributed by atoms with Gasteiger partial charge in [-0.3, -0.25) is 0 Å². The van der Waals surface area contributed by atoms with E-state index in [-0.39, 0.29) is 0 Å². The van der Waals surface area contributed by atoms with Gasteiger partial charge < -0.3 is 4.57 Å². The van der Waals surface area contributed by atoms with E-state index in [4.69, 9.17) is 15.0 Å². The predicted octanol–water partition coefficient (Wildman–Crippen LogP) is 6.82. The van der Waals surface area contributed by atoms with Crippen LogP contribution in [0, 0.1) is 0 Å². The summed E-state index contributed by atoms with van der Waals surface area (Å²) in [5, 5.41) is 1.21. The van der Waals surface area contributed by atoms with Gasteiger partial charge in [-0.1, -0.05) is 91.0 Å². The summed E-state index contributed by atoms with van der Waals surface area (Å²) in [6.07, 6.45) is 2.10. The monoisotopic (exact) mass is 424 g/mol. The van der Waals surface area contributed by atoms with Crippen molar-refractivity contribution >= 4 is 10.9 Å². The highest BCUT2D eigenvalue weighted by molar-refractivity contribution is 5.82. The fourth-order valence-electron chi connectivity index (χ4n) is 4.04. The van der Waals surface area contributed by atoms with Gasteiger partial charge in [-0.2, -0.15) is 0 Å². The second-order valence-corrected chi connectivity index (χ2v) is 7.83. The molecule has 2 aromatic heterocycles. The molecule has 0 spiro atoms. The molecule has 0 fully saturated rings. The van der Waals surface area contributed by atoms with E-state index in [1.54, 1.807) is 0 Å². The number of fused-ring (bicyclic) bond motifs is 1. The van der Waals surface area contributed by atoms with Gasteiger partial charge in [0.25, 0.3) is 0 Å². The molecule has 0 saturated carbocycles. The standard InChI is InChI=1S/C29H20N4/c1-3-11-22(12-4-1)27-30-28(23-13-5-2-6-14-23)32-29(31-27)24-15-9-16-25(20-24)33-19-18-21-10-7-8-17-26(21)33/h1-20H. The quantitative estimate of drug-likeness (QED) is 0.312. The van der Waals surface area contributed by atoms with Gasteiger partial charge in [-0.15, -0.1) is 0 Å². The SMILES string of the molecule is c1ccc(-c2nc(-c3ccccc3)nc(-c3cccc(-n4ccc5ccccc54)c3)n2)cc1. The van der Waals surface area contributed by atoms with E-state index >= 15 is 0 Å². The third kappa shape index (κ3) is 3.68. The minimum absolute atomic E-state index is 0.654. The summed E-state index contributed by atoms with van der Waals surface area (Å²) in [6.45, 7) is 0. The summed E-state index contributed by atoms with van der Waals surface area (Å²) >= 11 is 0. The van der Waals surface area contributed by atoms with Crippen LogP contribution in [0.2, 0.25) is 0 Å². The van der Waals surface area contributed by atoms with Crippen LogP contribution in [0.5, 0.6) is 0 Å². The van der Waals surface area contributed by atoms with E-state index in [1.165, 1.54) is 10.9 Å². The first-order valence-corrected chi connectivity index (χ1v) is 10.9. The minimum Gasteiger partial charge on any atom is -0.317 e. The third-order valence-electron chi connectivity index (χ3n) is 5.68. The fraction of sp³-hybridized carbons (Fsp3) is 0. The Balaban J connectivity index is 1.51. The van der Waals surface area contributed by atoms with Crippen molar-refractivity contribution in [1.29, 1.82) is 0 Å². The molecular weight excluding hydrogens is 404 g/mol. The Hall–Kier alpha value is -4.57. The van der Waals surface area contributed by atoms with Crippen LogP contribution < -0.4 is 0 Å². The second-order valence-electron chi connectivity index (χ2n) is 7.83. The maximum atomic E-state index is 4.85. The summed E-state index contributed by atoms with van der Waals surface area (Å²) in [6, 6.07) is 38.9. The molecular formula is C29H20N4. The van der Waals surface area contributed by atoms with Crippen LogP contribution in [-0.2, 0) is 0 Å². The lowest BCUT2D eigenvalue weighted by Crippen LogP contribution is -2.00. The Morgan fingerprint density at radius 3 is 1.67 bits per heavy atom. The summed E-state index contributed by atoms with van der Waals surface area (Å²) in [4.78, 5) is 14.5. The van der Waals surface area contributed by atoms with Crippen molar-refractivity contribution in [2.45, 2.75) is 0 Å². The van der Waals surface area contributed by atoms with Crippen molar-refractivity contribution < 1.29 is 0 Å². The third-order valence-corrected chi connectivity index (χ3v) is 5.68. The van der Waals surface area contributed by atoms with Gasteiger partial charge in [-0.25, -0.2) is 15.0 Å². The largest absolute Gasteiger partial charge is 0.317 e. The molecule has 4 nitrogen and oxygen atoms in total. The molecule has 0 atom stereocenters. The zero-order valence-electron chi connectivity index (χ0n) is 17.8. The van der Waals surface area contributed by atoms with E-state index in [9.17, 15) is 0 Å². The number of hydrogen-bond acceptors (Lipinski definition) is 3. The van der Waals surface area contributed by atoms with Gasteiger partial charge in [-0.05, 0) is 29.7 Å². The van der Waals surface area contributed by atoms with Crippen molar-refractivity contribution in [3.8, 4) is 39.9 Å². The van der Waals surface area contributed by atoms with Gasteiger partial charge >= 0.3 is 0 Å². The maximum absolute atomic E-state index is 4.85. The van der Waals surface area contributed by atoms with Crippen LogP contribution >= 0.6 is 0 Å². The fourth-order valence-corrected chi connectivity index (χ4v) is 4.04. The van der Waals surface area contributed by atoms with Gasteiger partial charge in [0.2, 0.25) is 0 Å².